The van der Waals surface area contributed by atoms with Crippen molar-refractivity contribution < 1.29 is 9.59 Å². The molecule has 1 aliphatic heterocycles. The molecule has 0 saturated carbocycles. The lowest BCUT2D eigenvalue weighted by atomic mass is 9.97. The van der Waals surface area contributed by atoms with Crippen molar-refractivity contribution in [2.75, 3.05) is 25.5 Å². The third-order valence-corrected chi connectivity index (χ3v) is 3.91. The summed E-state index contributed by atoms with van der Waals surface area (Å²) in [6.45, 7) is 5.20. The molecule has 122 valence electrons. The van der Waals surface area contributed by atoms with E-state index in [4.69, 9.17) is 0 Å². The van der Waals surface area contributed by atoms with Crippen LogP contribution in [-0.2, 0) is 11.2 Å². The lowest BCUT2D eigenvalue weighted by Crippen LogP contribution is -2.45. The number of hydrogen-bond donors (Lipinski definition) is 2. The summed E-state index contributed by atoms with van der Waals surface area (Å²) in [7, 11) is 1.74. The van der Waals surface area contributed by atoms with E-state index in [1.165, 1.54) is 0 Å². The highest BCUT2D eigenvalue weighted by Crippen LogP contribution is 2.25. The maximum atomic E-state index is 12.4. The molecule has 1 aliphatic rings. The Bertz CT molecular complexity index is 548. The van der Waals surface area contributed by atoms with Crippen LogP contribution in [0.5, 0.6) is 0 Å². The third-order valence-electron chi connectivity index (χ3n) is 3.91. The Morgan fingerprint density at radius 2 is 2.14 bits per heavy atom. The average molecular weight is 326 g/mol. The quantitative estimate of drug-likeness (QED) is 0.891. The van der Waals surface area contributed by atoms with Crippen molar-refractivity contribution in [3.8, 4) is 0 Å². The predicted octanol–water partition coefficient (Wildman–Crippen LogP) is 2.06. The van der Waals surface area contributed by atoms with Crippen LogP contribution >= 0.6 is 12.4 Å². The first-order valence-electron chi connectivity index (χ1n) is 7.46. The Morgan fingerprint density at radius 3 is 2.82 bits per heavy atom. The van der Waals surface area contributed by atoms with Crippen LogP contribution in [0.1, 0.15) is 36.2 Å². The number of amides is 2. The largest absolute Gasteiger partial charge is 0.385 e. The number of nitrogens with zero attached hydrogens (tertiary/aromatic N) is 1. The lowest BCUT2D eigenvalue weighted by molar-refractivity contribution is -0.131. The maximum Gasteiger partial charge on any atom is 0.252 e. The van der Waals surface area contributed by atoms with Gasteiger partial charge in [0.1, 0.15) is 6.04 Å². The van der Waals surface area contributed by atoms with Gasteiger partial charge in [-0.1, -0.05) is 6.07 Å². The minimum Gasteiger partial charge on any atom is -0.385 e. The van der Waals surface area contributed by atoms with E-state index >= 15 is 0 Å². The summed E-state index contributed by atoms with van der Waals surface area (Å²) in [5.41, 5.74) is 2.74. The number of fused-ring (bicyclic) bond motifs is 1. The van der Waals surface area contributed by atoms with Gasteiger partial charge < -0.3 is 15.5 Å². The molecule has 0 aliphatic carbocycles. The highest BCUT2D eigenvalue weighted by atomic mass is 35.5. The molecule has 1 heterocycles. The van der Waals surface area contributed by atoms with Gasteiger partial charge in [0, 0.05) is 31.4 Å². The van der Waals surface area contributed by atoms with Crippen molar-refractivity contribution in [3.05, 3.63) is 29.3 Å². The first-order valence-corrected chi connectivity index (χ1v) is 7.46. The third kappa shape index (κ3) is 3.91. The van der Waals surface area contributed by atoms with Crippen LogP contribution < -0.4 is 10.6 Å². The Labute approximate surface area is 137 Å². The van der Waals surface area contributed by atoms with E-state index in [1.807, 2.05) is 25.1 Å². The number of anilines is 1. The molecule has 1 aromatic carbocycles. The van der Waals surface area contributed by atoms with Crippen molar-refractivity contribution in [3.63, 3.8) is 0 Å². The molecule has 1 unspecified atom stereocenters. The molecule has 0 bridgehead atoms. The zero-order chi connectivity index (χ0) is 15.4. The number of likely N-dealkylation sites (N-methyl/N-ethyl adjacent to an activating group) is 1. The van der Waals surface area contributed by atoms with Crippen molar-refractivity contribution in [2.24, 2.45) is 0 Å². The highest BCUT2D eigenvalue weighted by Gasteiger charge is 2.22. The Balaban J connectivity index is 0.00000242. The number of carbonyl (C=O) groups is 2. The first-order chi connectivity index (χ1) is 10.0. The summed E-state index contributed by atoms with van der Waals surface area (Å²) in [5, 5.41) is 6.11. The van der Waals surface area contributed by atoms with Gasteiger partial charge in [-0.25, -0.2) is 0 Å². The molecule has 1 aromatic rings. The van der Waals surface area contributed by atoms with Crippen LogP contribution in [0.3, 0.4) is 0 Å². The summed E-state index contributed by atoms with van der Waals surface area (Å²) < 4.78 is 0. The normalized spacial score (nSPS) is 14.0. The SMILES string of the molecule is CCN(C)C(=O)C(C)NC(=O)c1cccc2c1CCCN2.Cl. The standard InChI is InChI=1S/C16H23N3O2.ClH/c1-4-19(3)16(21)11(2)18-15(20)13-7-5-9-14-12(13)8-6-10-17-14;/h5,7,9,11,17H,4,6,8,10H2,1-3H3,(H,18,20);1H. The number of benzene rings is 1. The zero-order valence-corrected chi connectivity index (χ0v) is 14.1. The second-order valence-corrected chi connectivity index (χ2v) is 5.41. The zero-order valence-electron chi connectivity index (χ0n) is 13.3. The minimum atomic E-state index is -0.519. The number of carbonyl (C=O) groups excluding carboxylic acids is 2. The lowest BCUT2D eigenvalue weighted by Gasteiger charge is -2.23. The fourth-order valence-corrected chi connectivity index (χ4v) is 2.55. The molecule has 2 amide bonds. The topological polar surface area (TPSA) is 61.4 Å². The molecule has 22 heavy (non-hydrogen) atoms. The molecule has 0 fully saturated rings. The van der Waals surface area contributed by atoms with Crippen LogP contribution in [0.4, 0.5) is 5.69 Å². The summed E-state index contributed by atoms with van der Waals surface area (Å²) in [6.07, 6.45) is 1.91. The van der Waals surface area contributed by atoms with Gasteiger partial charge in [-0.2, -0.15) is 0 Å². The average Bonchev–Trinajstić information content (AvgIpc) is 2.52. The number of nitrogens with one attached hydrogen (secondary N) is 2. The van der Waals surface area contributed by atoms with E-state index in [0.717, 1.165) is 30.6 Å². The van der Waals surface area contributed by atoms with Crippen LogP contribution in [0, 0.1) is 0 Å². The van der Waals surface area contributed by atoms with Gasteiger partial charge in [0.2, 0.25) is 5.91 Å². The number of halogens is 1. The summed E-state index contributed by atoms with van der Waals surface area (Å²) in [6, 6.07) is 5.17. The van der Waals surface area contributed by atoms with E-state index in [1.54, 1.807) is 18.9 Å². The van der Waals surface area contributed by atoms with Crippen LogP contribution in [-0.4, -0.2) is 42.9 Å². The Hall–Kier alpha value is -1.75. The molecule has 6 heteroatoms. The van der Waals surface area contributed by atoms with Crippen LogP contribution in [0.15, 0.2) is 18.2 Å². The molecular formula is C16H24ClN3O2. The van der Waals surface area contributed by atoms with Gasteiger partial charge in [-0.3, -0.25) is 9.59 Å². The van der Waals surface area contributed by atoms with E-state index in [9.17, 15) is 9.59 Å². The maximum absolute atomic E-state index is 12.4. The smallest absolute Gasteiger partial charge is 0.252 e. The van der Waals surface area contributed by atoms with E-state index in [2.05, 4.69) is 10.6 Å². The highest BCUT2D eigenvalue weighted by molar-refractivity contribution is 5.99. The van der Waals surface area contributed by atoms with Gasteiger partial charge in [0.15, 0.2) is 0 Å². The molecule has 0 aromatic heterocycles. The van der Waals surface area contributed by atoms with Gasteiger partial charge in [-0.15, -0.1) is 12.4 Å². The van der Waals surface area contributed by atoms with Crippen molar-refractivity contribution in [2.45, 2.75) is 32.7 Å². The van der Waals surface area contributed by atoms with Gasteiger partial charge in [-0.05, 0) is 44.4 Å². The molecule has 1 atom stereocenters. The van der Waals surface area contributed by atoms with Gasteiger partial charge in [0.05, 0.1) is 0 Å². The number of rotatable bonds is 4. The van der Waals surface area contributed by atoms with Crippen LogP contribution in [0.2, 0.25) is 0 Å². The molecule has 0 spiro atoms. The van der Waals surface area contributed by atoms with E-state index in [0.29, 0.717) is 12.1 Å². The summed E-state index contributed by atoms with van der Waals surface area (Å²) in [5.74, 6) is -0.255. The predicted molar refractivity (Wildman–Crippen MR) is 90.7 cm³/mol. The van der Waals surface area contributed by atoms with Crippen molar-refractivity contribution in [1.29, 1.82) is 0 Å². The fourth-order valence-electron chi connectivity index (χ4n) is 2.55. The minimum absolute atomic E-state index is 0. The molecule has 0 radical (unpaired) electrons. The second kappa shape index (κ2) is 8.03. The molecule has 2 N–H and O–H groups in total. The summed E-state index contributed by atoms with van der Waals surface area (Å²) in [4.78, 5) is 26.1. The summed E-state index contributed by atoms with van der Waals surface area (Å²) >= 11 is 0. The van der Waals surface area contributed by atoms with Crippen molar-refractivity contribution >= 4 is 29.9 Å². The van der Waals surface area contributed by atoms with E-state index < -0.39 is 6.04 Å². The fraction of sp³-hybridized carbons (Fsp3) is 0.500. The van der Waals surface area contributed by atoms with E-state index in [-0.39, 0.29) is 24.2 Å². The Kier molecular flexibility index (Phi) is 6.68. The Morgan fingerprint density at radius 1 is 1.41 bits per heavy atom. The van der Waals surface area contributed by atoms with Crippen LogP contribution in [0.25, 0.3) is 0 Å². The van der Waals surface area contributed by atoms with Crippen molar-refractivity contribution in [1.82, 2.24) is 10.2 Å². The molecule has 0 saturated heterocycles. The molecule has 5 nitrogen and oxygen atoms in total. The molecule has 2 rings (SSSR count). The monoisotopic (exact) mass is 325 g/mol. The number of hydrogen-bond acceptors (Lipinski definition) is 3. The van der Waals surface area contributed by atoms with Gasteiger partial charge in [0.25, 0.3) is 5.91 Å². The second-order valence-electron chi connectivity index (χ2n) is 5.41. The molecular weight excluding hydrogens is 302 g/mol. The van der Waals surface area contributed by atoms with Gasteiger partial charge >= 0.3 is 0 Å². The first kappa shape index (κ1) is 18.3.